The third-order valence-electron chi connectivity index (χ3n) is 4.03. The molecule has 7 heteroatoms. The van der Waals surface area contributed by atoms with Crippen LogP contribution in [0, 0.1) is 0 Å². The van der Waals surface area contributed by atoms with E-state index in [1.807, 2.05) is 6.07 Å². The Kier molecular flexibility index (Phi) is 3.10. The van der Waals surface area contributed by atoms with Gasteiger partial charge >= 0.3 is 0 Å². The largest absolute Gasteiger partial charge is 0.358 e. The smallest absolute Gasteiger partial charge is 0.272 e. The standard InChI is InChI=1S/C15H16N6O/c22-14(18-10-3-1-2-4-10)13-12-11(5-6-17-12)19-15(20-13)21-8-7-16-9-21/h5-10,17H,1-4H2,(H,18,22). The fourth-order valence-electron chi connectivity index (χ4n) is 2.91. The molecule has 0 saturated heterocycles. The number of amides is 1. The summed E-state index contributed by atoms with van der Waals surface area (Å²) in [5.41, 5.74) is 1.76. The zero-order valence-corrected chi connectivity index (χ0v) is 12.0. The molecular weight excluding hydrogens is 280 g/mol. The zero-order valence-electron chi connectivity index (χ0n) is 12.0. The second kappa shape index (κ2) is 5.25. The number of fused-ring (bicyclic) bond motifs is 1. The molecule has 1 saturated carbocycles. The van der Waals surface area contributed by atoms with Gasteiger partial charge in [0, 0.05) is 24.6 Å². The summed E-state index contributed by atoms with van der Waals surface area (Å²) < 4.78 is 1.69. The maximum atomic E-state index is 12.6. The van der Waals surface area contributed by atoms with Gasteiger partial charge in [0.25, 0.3) is 5.91 Å². The lowest BCUT2D eigenvalue weighted by molar-refractivity contribution is 0.0934. The molecule has 0 aromatic carbocycles. The number of hydrogen-bond donors (Lipinski definition) is 2. The number of hydrogen-bond acceptors (Lipinski definition) is 4. The van der Waals surface area contributed by atoms with E-state index in [4.69, 9.17) is 0 Å². The fraction of sp³-hybridized carbons (Fsp3) is 0.333. The van der Waals surface area contributed by atoms with Crippen LogP contribution in [0.2, 0.25) is 0 Å². The van der Waals surface area contributed by atoms with E-state index in [0.717, 1.165) is 18.4 Å². The highest BCUT2D eigenvalue weighted by atomic mass is 16.2. The van der Waals surface area contributed by atoms with Gasteiger partial charge in [-0.15, -0.1) is 0 Å². The summed E-state index contributed by atoms with van der Waals surface area (Å²) in [5.74, 6) is 0.296. The van der Waals surface area contributed by atoms with E-state index in [-0.39, 0.29) is 11.9 Å². The third kappa shape index (κ3) is 2.24. The summed E-state index contributed by atoms with van der Waals surface area (Å²) in [4.78, 5) is 28.5. The first-order chi connectivity index (χ1) is 10.8. The lowest BCUT2D eigenvalue weighted by atomic mass is 10.2. The van der Waals surface area contributed by atoms with Crippen molar-refractivity contribution in [2.75, 3.05) is 0 Å². The quantitative estimate of drug-likeness (QED) is 0.771. The first-order valence-corrected chi connectivity index (χ1v) is 7.45. The highest BCUT2D eigenvalue weighted by Crippen LogP contribution is 2.20. The van der Waals surface area contributed by atoms with Crippen LogP contribution >= 0.6 is 0 Å². The van der Waals surface area contributed by atoms with Gasteiger partial charge < -0.3 is 10.3 Å². The zero-order chi connectivity index (χ0) is 14.9. The van der Waals surface area contributed by atoms with Gasteiger partial charge in [-0.05, 0) is 18.9 Å². The van der Waals surface area contributed by atoms with Crippen molar-refractivity contribution >= 4 is 16.9 Å². The van der Waals surface area contributed by atoms with Gasteiger partial charge in [-0.1, -0.05) is 12.8 Å². The average Bonchev–Trinajstić information content (AvgIpc) is 3.27. The SMILES string of the molecule is O=C(NC1CCCC1)c1nc(-n2ccnc2)nc2cc[nH]c12. The van der Waals surface area contributed by atoms with Gasteiger partial charge in [0.2, 0.25) is 5.95 Å². The van der Waals surface area contributed by atoms with Crippen molar-refractivity contribution in [3.05, 3.63) is 36.7 Å². The molecule has 1 aliphatic carbocycles. The van der Waals surface area contributed by atoms with Crippen LogP contribution in [0.1, 0.15) is 36.2 Å². The van der Waals surface area contributed by atoms with Crippen LogP contribution in [0.3, 0.4) is 0 Å². The molecule has 2 N–H and O–H groups in total. The number of imidazole rings is 1. The van der Waals surface area contributed by atoms with Crippen molar-refractivity contribution in [3.63, 3.8) is 0 Å². The summed E-state index contributed by atoms with van der Waals surface area (Å²) in [6, 6.07) is 2.09. The molecule has 112 valence electrons. The van der Waals surface area contributed by atoms with Gasteiger partial charge in [0.15, 0.2) is 5.69 Å². The molecule has 1 fully saturated rings. The maximum absolute atomic E-state index is 12.6. The van der Waals surface area contributed by atoms with Gasteiger partial charge in [0.05, 0.1) is 11.0 Å². The highest BCUT2D eigenvalue weighted by Gasteiger charge is 2.22. The first-order valence-electron chi connectivity index (χ1n) is 7.45. The van der Waals surface area contributed by atoms with Crippen LogP contribution < -0.4 is 5.32 Å². The molecule has 3 aromatic rings. The van der Waals surface area contributed by atoms with Crippen molar-refractivity contribution in [3.8, 4) is 5.95 Å². The van der Waals surface area contributed by atoms with Gasteiger partial charge in [-0.25, -0.2) is 15.0 Å². The molecule has 0 radical (unpaired) electrons. The minimum absolute atomic E-state index is 0.150. The fourth-order valence-corrected chi connectivity index (χ4v) is 2.91. The van der Waals surface area contributed by atoms with Crippen LogP contribution in [0.15, 0.2) is 31.0 Å². The third-order valence-corrected chi connectivity index (χ3v) is 4.03. The van der Waals surface area contributed by atoms with Crippen LogP contribution in [0.25, 0.3) is 17.0 Å². The maximum Gasteiger partial charge on any atom is 0.272 e. The molecule has 1 amide bonds. The van der Waals surface area contributed by atoms with E-state index in [9.17, 15) is 4.79 Å². The molecule has 0 spiro atoms. The molecule has 0 unspecified atom stereocenters. The average molecular weight is 296 g/mol. The molecule has 3 heterocycles. The topological polar surface area (TPSA) is 88.5 Å². The monoisotopic (exact) mass is 296 g/mol. The second-order valence-corrected chi connectivity index (χ2v) is 5.53. The van der Waals surface area contributed by atoms with Crippen LogP contribution in [-0.4, -0.2) is 36.5 Å². The van der Waals surface area contributed by atoms with Crippen LogP contribution in [0.4, 0.5) is 0 Å². The predicted octanol–water partition coefficient (Wildman–Crippen LogP) is 1.82. The van der Waals surface area contributed by atoms with Crippen LogP contribution in [0.5, 0.6) is 0 Å². The van der Waals surface area contributed by atoms with Crippen LogP contribution in [-0.2, 0) is 0 Å². The Hall–Kier alpha value is -2.70. The molecule has 0 bridgehead atoms. The number of nitrogens with zero attached hydrogens (tertiary/aromatic N) is 4. The minimum Gasteiger partial charge on any atom is -0.358 e. The Morgan fingerprint density at radius 1 is 1.32 bits per heavy atom. The molecular formula is C15H16N6O. The van der Waals surface area contributed by atoms with Gasteiger partial charge in [-0.2, -0.15) is 0 Å². The highest BCUT2D eigenvalue weighted by molar-refractivity contribution is 6.03. The van der Waals surface area contributed by atoms with Crippen molar-refractivity contribution < 1.29 is 4.79 Å². The summed E-state index contributed by atoms with van der Waals surface area (Å²) in [7, 11) is 0. The number of aromatic nitrogens is 5. The van der Waals surface area contributed by atoms with Crippen molar-refractivity contribution in [1.82, 2.24) is 29.8 Å². The Balaban J connectivity index is 1.74. The summed E-state index contributed by atoms with van der Waals surface area (Å²) in [5, 5.41) is 3.08. The Morgan fingerprint density at radius 3 is 2.95 bits per heavy atom. The molecule has 22 heavy (non-hydrogen) atoms. The van der Waals surface area contributed by atoms with E-state index in [1.165, 1.54) is 12.8 Å². The predicted molar refractivity (Wildman–Crippen MR) is 80.7 cm³/mol. The normalized spacial score (nSPS) is 15.5. The number of aromatic amines is 1. The molecule has 1 aliphatic rings. The lowest BCUT2D eigenvalue weighted by Gasteiger charge is -2.12. The van der Waals surface area contributed by atoms with E-state index in [1.54, 1.807) is 29.5 Å². The summed E-state index contributed by atoms with van der Waals surface area (Å²) in [6.45, 7) is 0. The number of rotatable bonds is 3. The Labute approximate surface area is 126 Å². The van der Waals surface area contributed by atoms with Crippen molar-refractivity contribution in [2.45, 2.75) is 31.7 Å². The van der Waals surface area contributed by atoms with E-state index >= 15 is 0 Å². The molecule has 0 atom stereocenters. The number of carbonyl (C=O) groups is 1. The number of carbonyl (C=O) groups excluding carboxylic acids is 1. The number of H-pyrrole nitrogens is 1. The summed E-state index contributed by atoms with van der Waals surface area (Å²) >= 11 is 0. The van der Waals surface area contributed by atoms with Gasteiger partial charge in [-0.3, -0.25) is 9.36 Å². The first kappa shape index (κ1) is 13.0. The van der Waals surface area contributed by atoms with Crippen molar-refractivity contribution in [1.29, 1.82) is 0 Å². The van der Waals surface area contributed by atoms with E-state index < -0.39 is 0 Å². The Bertz CT molecular complexity index is 801. The molecule has 3 aromatic heterocycles. The molecule has 0 aliphatic heterocycles. The van der Waals surface area contributed by atoms with Crippen molar-refractivity contribution in [2.24, 2.45) is 0 Å². The number of nitrogens with one attached hydrogen (secondary N) is 2. The van der Waals surface area contributed by atoms with E-state index in [0.29, 0.717) is 17.2 Å². The molecule has 7 nitrogen and oxygen atoms in total. The lowest BCUT2D eigenvalue weighted by Crippen LogP contribution is -2.33. The summed E-state index contributed by atoms with van der Waals surface area (Å²) in [6.07, 6.45) is 11.2. The van der Waals surface area contributed by atoms with Gasteiger partial charge in [0.1, 0.15) is 6.33 Å². The minimum atomic E-state index is -0.150. The second-order valence-electron chi connectivity index (χ2n) is 5.53. The Morgan fingerprint density at radius 2 is 2.18 bits per heavy atom. The molecule has 4 rings (SSSR count). The van der Waals surface area contributed by atoms with E-state index in [2.05, 4.69) is 25.3 Å².